The number of rotatable bonds is 4. The van der Waals surface area contributed by atoms with Crippen molar-refractivity contribution in [2.45, 2.75) is 6.92 Å². The van der Waals surface area contributed by atoms with Crippen molar-refractivity contribution in [3.05, 3.63) is 81.8 Å². The van der Waals surface area contributed by atoms with Crippen LogP contribution in [0.25, 0.3) is 22.7 Å². The molecule has 31 heavy (non-hydrogen) atoms. The van der Waals surface area contributed by atoms with E-state index in [4.69, 9.17) is 16.0 Å². The zero-order valence-electron chi connectivity index (χ0n) is 16.0. The molecule has 154 valence electrons. The Hall–Kier alpha value is -4.18. The monoisotopic (exact) mass is 435 g/mol. The maximum atomic E-state index is 12.7. The summed E-state index contributed by atoms with van der Waals surface area (Å²) in [6.45, 7) is 1.76. The molecule has 4 aromatic heterocycles. The lowest BCUT2D eigenvalue weighted by molar-refractivity contribution is 0.0996. The Kier molecular flexibility index (Phi) is 4.41. The van der Waals surface area contributed by atoms with E-state index in [1.807, 2.05) is 0 Å². The number of carbonyl (C=O) groups excluding carboxylic acids is 1. The zero-order valence-corrected chi connectivity index (χ0v) is 16.8. The van der Waals surface area contributed by atoms with E-state index in [-0.39, 0.29) is 11.7 Å². The number of aryl methyl sites for hydroxylation is 1. The van der Waals surface area contributed by atoms with Crippen LogP contribution in [0, 0.1) is 6.92 Å². The quantitative estimate of drug-likeness (QED) is 0.447. The molecule has 0 unspecified atom stereocenters. The molecule has 0 fully saturated rings. The van der Waals surface area contributed by atoms with E-state index in [2.05, 4.69) is 25.5 Å². The minimum atomic E-state index is -0.460. The normalized spacial score (nSPS) is 11.2. The number of amides is 1. The summed E-state index contributed by atoms with van der Waals surface area (Å²) >= 11 is 6.09. The summed E-state index contributed by atoms with van der Waals surface area (Å²) in [4.78, 5) is 32.3. The first kappa shape index (κ1) is 18.8. The number of fused-ring (bicyclic) bond motifs is 1. The van der Waals surface area contributed by atoms with Crippen LogP contribution >= 0.6 is 11.6 Å². The Labute approximate surface area is 179 Å². The third-order valence-corrected chi connectivity index (χ3v) is 4.73. The molecule has 0 aliphatic rings. The van der Waals surface area contributed by atoms with E-state index in [0.29, 0.717) is 33.3 Å². The average molecular weight is 436 g/mol. The number of nitrogens with zero attached hydrogens (tertiary/aromatic N) is 5. The van der Waals surface area contributed by atoms with Crippen LogP contribution in [0.3, 0.4) is 0 Å². The highest BCUT2D eigenvalue weighted by Gasteiger charge is 2.18. The van der Waals surface area contributed by atoms with Gasteiger partial charge in [-0.1, -0.05) is 17.7 Å². The van der Waals surface area contributed by atoms with Gasteiger partial charge in [-0.25, -0.2) is 4.68 Å². The van der Waals surface area contributed by atoms with Gasteiger partial charge in [0.1, 0.15) is 11.2 Å². The number of nitrogens with one attached hydrogen (secondary N) is 2. The van der Waals surface area contributed by atoms with Crippen LogP contribution in [-0.2, 0) is 0 Å². The van der Waals surface area contributed by atoms with Crippen molar-refractivity contribution in [2.24, 2.45) is 0 Å². The van der Waals surface area contributed by atoms with Gasteiger partial charge in [0.25, 0.3) is 11.5 Å². The molecule has 4 heterocycles. The summed E-state index contributed by atoms with van der Waals surface area (Å²) in [7, 11) is 0. The highest BCUT2D eigenvalue weighted by molar-refractivity contribution is 6.30. The van der Waals surface area contributed by atoms with Crippen molar-refractivity contribution >= 4 is 34.4 Å². The van der Waals surface area contributed by atoms with E-state index >= 15 is 0 Å². The first-order chi connectivity index (χ1) is 15.0. The topological polar surface area (TPSA) is 124 Å². The van der Waals surface area contributed by atoms with Crippen LogP contribution in [0.2, 0.25) is 5.02 Å². The number of furan rings is 1. The molecule has 11 heteroatoms. The molecule has 1 amide bonds. The van der Waals surface area contributed by atoms with Crippen LogP contribution in [0.15, 0.2) is 64.1 Å². The lowest BCUT2D eigenvalue weighted by atomic mass is 10.3. The van der Waals surface area contributed by atoms with E-state index < -0.39 is 11.5 Å². The SMILES string of the molecule is Cc1cc(NC(=O)c2ccco2)n(-c2nc3c(cnn3-c3cccc(Cl)c3)c(=O)[nH]2)n1. The van der Waals surface area contributed by atoms with Gasteiger partial charge in [0, 0.05) is 11.1 Å². The number of hydrogen-bond acceptors (Lipinski definition) is 6. The summed E-state index contributed by atoms with van der Waals surface area (Å²) in [5, 5.41) is 12.2. The molecule has 0 spiro atoms. The van der Waals surface area contributed by atoms with Gasteiger partial charge in [0.2, 0.25) is 5.95 Å². The van der Waals surface area contributed by atoms with Crippen molar-refractivity contribution in [3.8, 4) is 11.6 Å². The molecule has 0 saturated carbocycles. The second-order valence-corrected chi connectivity index (χ2v) is 7.11. The smallest absolute Gasteiger partial charge is 0.292 e. The maximum Gasteiger partial charge on any atom is 0.292 e. The van der Waals surface area contributed by atoms with Gasteiger partial charge in [-0.15, -0.1) is 0 Å². The highest BCUT2D eigenvalue weighted by atomic mass is 35.5. The van der Waals surface area contributed by atoms with Gasteiger partial charge in [0.15, 0.2) is 11.4 Å². The summed E-state index contributed by atoms with van der Waals surface area (Å²) in [5.74, 6) is 0.110. The Balaban J connectivity index is 1.62. The molecule has 0 bridgehead atoms. The molecule has 2 N–H and O–H groups in total. The van der Waals surface area contributed by atoms with E-state index in [1.54, 1.807) is 49.4 Å². The van der Waals surface area contributed by atoms with Gasteiger partial charge in [-0.2, -0.15) is 19.9 Å². The molecule has 10 nitrogen and oxygen atoms in total. The van der Waals surface area contributed by atoms with Crippen LogP contribution in [0.4, 0.5) is 5.82 Å². The summed E-state index contributed by atoms with van der Waals surface area (Å²) < 4.78 is 7.97. The van der Waals surface area contributed by atoms with Crippen molar-refractivity contribution < 1.29 is 9.21 Å². The highest BCUT2D eigenvalue weighted by Crippen LogP contribution is 2.20. The first-order valence-corrected chi connectivity index (χ1v) is 9.53. The molecule has 1 aromatic carbocycles. The fourth-order valence-corrected chi connectivity index (χ4v) is 3.32. The Morgan fingerprint density at radius 1 is 1.19 bits per heavy atom. The third kappa shape index (κ3) is 3.38. The van der Waals surface area contributed by atoms with Gasteiger partial charge >= 0.3 is 0 Å². The standard InChI is InChI=1S/C20H14ClN7O3/c1-11-8-16(23-19(30)15-6-3-7-31-15)28(26-11)20-24-17-14(18(29)25-20)10-22-27(17)13-5-2-4-12(21)9-13/h2-10H,1H3,(H,23,30)(H,24,25,29). The Morgan fingerprint density at radius 3 is 2.84 bits per heavy atom. The predicted octanol–water partition coefficient (Wildman–Crippen LogP) is 3.10. The maximum absolute atomic E-state index is 12.7. The second-order valence-electron chi connectivity index (χ2n) is 6.68. The molecular weight excluding hydrogens is 422 g/mol. The molecule has 0 aliphatic carbocycles. The molecule has 5 aromatic rings. The minimum Gasteiger partial charge on any atom is -0.459 e. The number of hydrogen-bond donors (Lipinski definition) is 2. The molecule has 0 aliphatic heterocycles. The van der Waals surface area contributed by atoms with Crippen LogP contribution < -0.4 is 10.9 Å². The van der Waals surface area contributed by atoms with Gasteiger partial charge in [0.05, 0.1) is 23.8 Å². The van der Waals surface area contributed by atoms with Crippen LogP contribution in [0.1, 0.15) is 16.2 Å². The van der Waals surface area contributed by atoms with E-state index in [0.717, 1.165) is 0 Å². The van der Waals surface area contributed by atoms with Crippen molar-refractivity contribution in [2.75, 3.05) is 5.32 Å². The molecule has 0 saturated heterocycles. The zero-order chi connectivity index (χ0) is 21.5. The fourth-order valence-electron chi connectivity index (χ4n) is 3.14. The van der Waals surface area contributed by atoms with Crippen molar-refractivity contribution in [1.29, 1.82) is 0 Å². The number of aromatic nitrogens is 6. The van der Waals surface area contributed by atoms with Crippen LogP contribution in [0.5, 0.6) is 0 Å². The van der Waals surface area contributed by atoms with Gasteiger partial charge < -0.3 is 9.73 Å². The largest absolute Gasteiger partial charge is 0.459 e. The second kappa shape index (κ2) is 7.26. The van der Waals surface area contributed by atoms with Crippen LogP contribution in [-0.4, -0.2) is 35.4 Å². The lowest BCUT2D eigenvalue weighted by Gasteiger charge is -2.08. The van der Waals surface area contributed by atoms with Gasteiger partial charge in [-0.3, -0.25) is 14.6 Å². The number of carbonyl (C=O) groups is 1. The fraction of sp³-hybridized carbons (Fsp3) is 0.0500. The van der Waals surface area contributed by atoms with Crippen molar-refractivity contribution in [3.63, 3.8) is 0 Å². The molecular formula is C20H14ClN7O3. The number of halogens is 1. The third-order valence-electron chi connectivity index (χ3n) is 4.50. The average Bonchev–Trinajstić information content (AvgIpc) is 3.47. The number of H-pyrrole nitrogens is 1. The Bertz CT molecular complexity index is 1480. The van der Waals surface area contributed by atoms with E-state index in [9.17, 15) is 9.59 Å². The van der Waals surface area contributed by atoms with Crippen molar-refractivity contribution in [1.82, 2.24) is 29.5 Å². The summed E-state index contributed by atoms with van der Waals surface area (Å²) in [5.41, 5.74) is 1.18. The predicted molar refractivity (Wildman–Crippen MR) is 113 cm³/mol. The number of benzene rings is 1. The van der Waals surface area contributed by atoms with Gasteiger partial charge in [-0.05, 0) is 37.3 Å². The molecule has 0 radical (unpaired) electrons. The first-order valence-electron chi connectivity index (χ1n) is 9.15. The summed E-state index contributed by atoms with van der Waals surface area (Å²) in [6, 6.07) is 11.8. The van der Waals surface area contributed by atoms with E-state index in [1.165, 1.54) is 21.8 Å². The number of aromatic amines is 1. The lowest BCUT2D eigenvalue weighted by Crippen LogP contribution is -2.18. The summed E-state index contributed by atoms with van der Waals surface area (Å²) in [6.07, 6.45) is 2.83. The Morgan fingerprint density at radius 2 is 2.06 bits per heavy atom. The molecule has 0 atom stereocenters. The molecule has 5 rings (SSSR count). The minimum absolute atomic E-state index is 0.115. The number of anilines is 1.